The van der Waals surface area contributed by atoms with Gasteiger partial charge in [-0.3, -0.25) is 14.7 Å². The van der Waals surface area contributed by atoms with Crippen molar-refractivity contribution in [2.24, 2.45) is 0 Å². The number of pyridine rings is 1. The van der Waals surface area contributed by atoms with Crippen molar-refractivity contribution in [2.75, 3.05) is 27.2 Å². The molecule has 0 atom stereocenters. The summed E-state index contributed by atoms with van der Waals surface area (Å²) in [4.78, 5) is 21.5. The van der Waals surface area contributed by atoms with Crippen LogP contribution in [-0.4, -0.2) is 60.3 Å². The Kier molecular flexibility index (Phi) is 8.41. The van der Waals surface area contributed by atoms with Crippen LogP contribution in [0.15, 0.2) is 30.5 Å². The lowest BCUT2D eigenvalue weighted by Crippen LogP contribution is -2.45. The second kappa shape index (κ2) is 11.1. The highest BCUT2D eigenvalue weighted by Crippen LogP contribution is 2.26. The smallest absolute Gasteiger partial charge is 0.496 e. The topological polar surface area (TPSA) is 54.9 Å². The van der Waals surface area contributed by atoms with Crippen LogP contribution in [0.25, 0.3) is 0 Å². The zero-order valence-corrected chi connectivity index (χ0v) is 20.1. The van der Waals surface area contributed by atoms with Gasteiger partial charge in [-0.25, -0.2) is 0 Å². The van der Waals surface area contributed by atoms with Gasteiger partial charge in [0.05, 0.1) is 12.8 Å². The lowest BCUT2D eigenvalue weighted by atomic mass is 10.0. The molecule has 1 aromatic heterocycles. The van der Waals surface area contributed by atoms with Gasteiger partial charge in [0.15, 0.2) is 0 Å². The lowest BCUT2D eigenvalue weighted by molar-refractivity contribution is -0.274. The van der Waals surface area contributed by atoms with Crippen molar-refractivity contribution in [1.29, 1.82) is 0 Å². The quantitative estimate of drug-likeness (QED) is 0.551. The third-order valence-corrected chi connectivity index (χ3v) is 6.41. The Labute approximate surface area is 198 Å². The number of likely N-dealkylation sites (tertiary alicyclic amines) is 1. The van der Waals surface area contributed by atoms with Gasteiger partial charge in [0.2, 0.25) is 5.91 Å². The van der Waals surface area contributed by atoms with E-state index < -0.39 is 6.36 Å². The molecule has 1 aromatic carbocycles. The summed E-state index contributed by atoms with van der Waals surface area (Å²) in [5.41, 5.74) is 3.89. The highest BCUT2D eigenvalue weighted by molar-refractivity contribution is 5.76. The number of piperidine rings is 1. The highest BCUT2D eigenvalue weighted by Gasteiger charge is 2.31. The molecule has 1 amide bonds. The predicted molar refractivity (Wildman–Crippen MR) is 123 cm³/mol. The molecule has 2 aromatic rings. The summed E-state index contributed by atoms with van der Waals surface area (Å²) in [5.74, 6) is 0.656. The average Bonchev–Trinajstić information content (AvgIpc) is 2.79. The maximum absolute atomic E-state index is 12.7. The van der Waals surface area contributed by atoms with Crippen LogP contribution in [0.4, 0.5) is 13.2 Å². The molecule has 2 heterocycles. The highest BCUT2D eigenvalue weighted by atomic mass is 19.4. The molecule has 1 aliphatic rings. The molecule has 186 valence electrons. The number of halogens is 3. The number of methoxy groups -OCH3 is 1. The van der Waals surface area contributed by atoms with Gasteiger partial charge < -0.3 is 14.4 Å². The summed E-state index contributed by atoms with van der Waals surface area (Å²) < 4.78 is 46.2. The summed E-state index contributed by atoms with van der Waals surface area (Å²) in [7, 11) is 3.51. The van der Waals surface area contributed by atoms with Gasteiger partial charge in [-0.15, -0.1) is 13.2 Å². The second-order valence-electron chi connectivity index (χ2n) is 8.75. The molecule has 0 radical (unpaired) electrons. The Morgan fingerprint density at radius 1 is 1.18 bits per heavy atom. The van der Waals surface area contributed by atoms with Crippen LogP contribution >= 0.6 is 0 Å². The monoisotopic (exact) mass is 479 g/mol. The largest absolute Gasteiger partial charge is 0.573 e. The Morgan fingerprint density at radius 2 is 1.82 bits per heavy atom. The van der Waals surface area contributed by atoms with E-state index in [1.165, 1.54) is 12.1 Å². The molecule has 0 unspecified atom stereocenters. The molecule has 3 rings (SSSR count). The SMILES string of the molecule is COc1c(C)cnc(CN2CCC(N(C)C(=O)CCc3ccc(OC(F)(F)F)cc3)CC2)c1C. The molecular formula is C25H32F3N3O3. The number of benzene rings is 1. The van der Waals surface area contributed by atoms with Crippen molar-refractivity contribution in [1.82, 2.24) is 14.8 Å². The molecule has 0 aliphatic carbocycles. The van der Waals surface area contributed by atoms with Crippen LogP contribution < -0.4 is 9.47 Å². The molecule has 1 aliphatic heterocycles. The van der Waals surface area contributed by atoms with E-state index in [1.54, 1.807) is 19.2 Å². The van der Waals surface area contributed by atoms with E-state index in [2.05, 4.69) is 14.6 Å². The normalized spacial score (nSPS) is 15.3. The first-order valence-corrected chi connectivity index (χ1v) is 11.4. The molecule has 1 fully saturated rings. The van der Waals surface area contributed by atoms with Gasteiger partial charge >= 0.3 is 6.36 Å². The van der Waals surface area contributed by atoms with Crippen LogP contribution in [0.1, 0.15) is 41.6 Å². The van der Waals surface area contributed by atoms with Crippen LogP contribution in [0.5, 0.6) is 11.5 Å². The number of alkyl halides is 3. The summed E-state index contributed by atoms with van der Waals surface area (Å²) in [5, 5.41) is 0. The van der Waals surface area contributed by atoms with Crippen molar-refractivity contribution in [3.63, 3.8) is 0 Å². The Bertz CT molecular complexity index is 972. The molecule has 0 saturated carbocycles. The molecular weight excluding hydrogens is 447 g/mol. The van der Waals surface area contributed by atoms with Gasteiger partial charge in [-0.2, -0.15) is 0 Å². The van der Waals surface area contributed by atoms with Crippen LogP contribution in [0, 0.1) is 13.8 Å². The van der Waals surface area contributed by atoms with Gasteiger partial charge in [-0.1, -0.05) is 12.1 Å². The number of aryl methyl sites for hydroxylation is 2. The Hall–Kier alpha value is -2.81. The summed E-state index contributed by atoms with van der Waals surface area (Å²) in [6, 6.07) is 5.83. The summed E-state index contributed by atoms with van der Waals surface area (Å²) >= 11 is 0. The van der Waals surface area contributed by atoms with Crippen molar-refractivity contribution < 1.29 is 27.4 Å². The van der Waals surface area contributed by atoms with Crippen LogP contribution in [0.2, 0.25) is 0 Å². The minimum Gasteiger partial charge on any atom is -0.496 e. The summed E-state index contributed by atoms with van der Waals surface area (Å²) in [6.45, 7) is 6.52. The maximum atomic E-state index is 12.7. The first-order chi connectivity index (χ1) is 16.1. The van der Waals surface area contributed by atoms with Gasteiger partial charge in [-0.05, 0) is 50.8 Å². The molecule has 1 saturated heterocycles. The number of ether oxygens (including phenoxy) is 2. The Morgan fingerprint density at radius 3 is 2.41 bits per heavy atom. The van der Waals surface area contributed by atoms with E-state index in [9.17, 15) is 18.0 Å². The number of aromatic nitrogens is 1. The number of rotatable bonds is 8. The van der Waals surface area contributed by atoms with Crippen molar-refractivity contribution in [3.05, 3.63) is 52.8 Å². The van der Waals surface area contributed by atoms with E-state index in [0.29, 0.717) is 12.8 Å². The molecule has 9 heteroatoms. The number of carbonyl (C=O) groups is 1. The van der Waals surface area contributed by atoms with E-state index in [1.807, 2.05) is 32.0 Å². The minimum atomic E-state index is -4.71. The third kappa shape index (κ3) is 6.85. The number of carbonyl (C=O) groups excluding carboxylic acids is 1. The molecule has 0 bridgehead atoms. The van der Waals surface area contributed by atoms with E-state index in [-0.39, 0.29) is 17.7 Å². The number of hydrogen-bond donors (Lipinski definition) is 0. The molecule has 0 N–H and O–H groups in total. The van der Waals surface area contributed by atoms with Gasteiger partial charge in [0, 0.05) is 56.5 Å². The Balaban J connectivity index is 1.46. The van der Waals surface area contributed by atoms with Crippen molar-refractivity contribution in [2.45, 2.75) is 58.5 Å². The number of nitrogens with zero attached hydrogens (tertiary/aromatic N) is 3. The first kappa shape index (κ1) is 25.8. The molecule has 34 heavy (non-hydrogen) atoms. The zero-order chi connectivity index (χ0) is 24.9. The predicted octanol–water partition coefficient (Wildman–Crippen LogP) is 4.66. The average molecular weight is 480 g/mol. The number of hydrogen-bond acceptors (Lipinski definition) is 5. The summed E-state index contributed by atoms with van der Waals surface area (Å²) in [6.07, 6.45) is -0.326. The number of amides is 1. The van der Waals surface area contributed by atoms with E-state index in [0.717, 1.165) is 60.6 Å². The van der Waals surface area contributed by atoms with Crippen LogP contribution in [-0.2, 0) is 17.8 Å². The fourth-order valence-corrected chi connectivity index (χ4v) is 4.40. The fourth-order valence-electron chi connectivity index (χ4n) is 4.40. The molecule has 0 spiro atoms. The van der Waals surface area contributed by atoms with E-state index >= 15 is 0 Å². The van der Waals surface area contributed by atoms with Gasteiger partial charge in [0.1, 0.15) is 11.5 Å². The van der Waals surface area contributed by atoms with Gasteiger partial charge in [0.25, 0.3) is 0 Å². The van der Waals surface area contributed by atoms with E-state index in [4.69, 9.17) is 4.74 Å². The molecule has 6 nitrogen and oxygen atoms in total. The lowest BCUT2D eigenvalue weighted by Gasteiger charge is -2.37. The van der Waals surface area contributed by atoms with Crippen molar-refractivity contribution in [3.8, 4) is 11.5 Å². The third-order valence-electron chi connectivity index (χ3n) is 6.41. The fraction of sp³-hybridized carbons (Fsp3) is 0.520. The van der Waals surface area contributed by atoms with Crippen molar-refractivity contribution >= 4 is 5.91 Å². The van der Waals surface area contributed by atoms with Crippen LogP contribution in [0.3, 0.4) is 0 Å². The minimum absolute atomic E-state index is 0.0369. The first-order valence-electron chi connectivity index (χ1n) is 11.4. The zero-order valence-electron chi connectivity index (χ0n) is 20.1. The second-order valence-corrected chi connectivity index (χ2v) is 8.75. The maximum Gasteiger partial charge on any atom is 0.573 e. The standard InChI is InChI=1S/C25H32F3N3O3/c1-17-15-29-22(18(2)24(17)33-4)16-31-13-11-20(12-14-31)30(3)23(32)10-7-19-5-8-21(9-6-19)34-25(26,27)28/h5-6,8-9,15,20H,7,10-14,16H2,1-4H3.